The Labute approximate surface area is 169 Å². The fourth-order valence-corrected chi connectivity index (χ4v) is 3.89. The van der Waals surface area contributed by atoms with E-state index in [2.05, 4.69) is 35.2 Å². The Balaban J connectivity index is 1.36. The molecule has 29 heavy (non-hydrogen) atoms. The first-order chi connectivity index (χ1) is 14.1. The summed E-state index contributed by atoms with van der Waals surface area (Å²) in [4.78, 5) is 14.9. The van der Waals surface area contributed by atoms with Gasteiger partial charge < -0.3 is 5.11 Å². The third-order valence-corrected chi connectivity index (χ3v) is 5.44. The second-order valence-corrected chi connectivity index (χ2v) is 7.58. The van der Waals surface area contributed by atoms with E-state index in [9.17, 15) is 9.90 Å². The van der Waals surface area contributed by atoms with Gasteiger partial charge in [-0.2, -0.15) is 5.26 Å². The number of aromatic nitrogens is 2. The second-order valence-electron chi connectivity index (χ2n) is 7.58. The number of β-amino-alcohol motifs (C(OH)–C–C–N with tert-alkyl or cyclic N) is 1. The zero-order valence-electron chi connectivity index (χ0n) is 16.2. The van der Waals surface area contributed by atoms with E-state index in [1.54, 1.807) is 33.7 Å². The molecule has 3 aromatic rings. The number of nitriles is 1. The number of aliphatic hydroxyl groups is 1. The summed E-state index contributed by atoms with van der Waals surface area (Å²) >= 11 is 0. The summed E-state index contributed by atoms with van der Waals surface area (Å²) in [7, 11) is 0. The summed E-state index contributed by atoms with van der Waals surface area (Å²) in [6.07, 6.45) is 3.85. The highest BCUT2D eigenvalue weighted by Crippen LogP contribution is 2.18. The molecule has 1 unspecified atom stereocenters. The predicted molar refractivity (Wildman–Crippen MR) is 110 cm³/mol. The maximum Gasteiger partial charge on any atom is 0.328 e. The van der Waals surface area contributed by atoms with Crippen molar-refractivity contribution in [2.24, 2.45) is 0 Å². The minimum Gasteiger partial charge on any atom is -0.390 e. The van der Waals surface area contributed by atoms with Crippen molar-refractivity contribution < 1.29 is 5.11 Å². The van der Waals surface area contributed by atoms with E-state index < -0.39 is 6.10 Å². The summed E-state index contributed by atoms with van der Waals surface area (Å²) in [6, 6.07) is 17.7. The van der Waals surface area contributed by atoms with E-state index in [0.717, 1.165) is 25.1 Å². The Hall–Kier alpha value is -3.14. The van der Waals surface area contributed by atoms with E-state index in [0.29, 0.717) is 18.7 Å². The zero-order valence-corrected chi connectivity index (χ0v) is 16.2. The molecule has 4 rings (SSSR count). The van der Waals surface area contributed by atoms with Crippen molar-refractivity contribution in [2.75, 3.05) is 13.1 Å². The standard InChI is InChI=1S/C23H24N4O2/c24-13-18-5-7-19(8-6-18)14-26-11-12-27(23(26)29)17-22(28)16-25-10-9-20-3-1-2-4-21(20)15-25/h1-8,11-12,22,28H,9-10,14-17H2. The Morgan fingerprint density at radius 3 is 2.48 bits per heavy atom. The number of hydrogen-bond donors (Lipinski definition) is 1. The van der Waals surface area contributed by atoms with E-state index in [4.69, 9.17) is 5.26 Å². The SMILES string of the molecule is N#Cc1ccc(Cn2ccn(CC(O)CN3CCc4ccccc4C3)c2=O)cc1. The summed E-state index contributed by atoms with van der Waals surface area (Å²) < 4.78 is 3.18. The summed E-state index contributed by atoms with van der Waals surface area (Å²) in [5.74, 6) is 0. The van der Waals surface area contributed by atoms with Gasteiger partial charge in [0, 0.05) is 32.0 Å². The van der Waals surface area contributed by atoms with Gasteiger partial charge in [-0.1, -0.05) is 36.4 Å². The van der Waals surface area contributed by atoms with Gasteiger partial charge in [0.05, 0.1) is 30.8 Å². The van der Waals surface area contributed by atoms with Crippen LogP contribution < -0.4 is 5.69 Å². The number of rotatable bonds is 6. The van der Waals surface area contributed by atoms with Gasteiger partial charge in [-0.05, 0) is 35.2 Å². The highest BCUT2D eigenvalue weighted by atomic mass is 16.3. The molecular weight excluding hydrogens is 364 g/mol. The largest absolute Gasteiger partial charge is 0.390 e. The Kier molecular flexibility index (Phi) is 5.61. The molecule has 0 bridgehead atoms. The van der Waals surface area contributed by atoms with Crippen LogP contribution in [0.25, 0.3) is 0 Å². The molecule has 0 spiro atoms. The summed E-state index contributed by atoms with van der Waals surface area (Å²) in [5.41, 5.74) is 4.11. The molecule has 1 N–H and O–H groups in total. The van der Waals surface area contributed by atoms with Gasteiger partial charge in [0.15, 0.2) is 0 Å². The average molecular weight is 388 g/mol. The molecule has 0 fully saturated rings. The van der Waals surface area contributed by atoms with Gasteiger partial charge in [-0.25, -0.2) is 4.79 Å². The molecule has 6 nitrogen and oxygen atoms in total. The molecule has 6 heteroatoms. The Bertz CT molecular complexity index is 1080. The molecular formula is C23H24N4O2. The van der Waals surface area contributed by atoms with Crippen LogP contribution in [0.1, 0.15) is 22.3 Å². The van der Waals surface area contributed by atoms with Crippen molar-refractivity contribution in [3.8, 4) is 6.07 Å². The molecule has 0 radical (unpaired) electrons. The minimum atomic E-state index is -0.608. The van der Waals surface area contributed by atoms with Crippen LogP contribution in [0.3, 0.4) is 0 Å². The van der Waals surface area contributed by atoms with Crippen LogP contribution in [0, 0.1) is 11.3 Å². The topological polar surface area (TPSA) is 74.2 Å². The van der Waals surface area contributed by atoms with Gasteiger partial charge in [-0.3, -0.25) is 14.0 Å². The first kappa shape index (κ1) is 19.2. The maximum absolute atomic E-state index is 12.6. The lowest BCUT2D eigenvalue weighted by molar-refractivity contribution is 0.0909. The predicted octanol–water partition coefficient (Wildman–Crippen LogP) is 1.99. The molecule has 1 aliphatic heterocycles. The zero-order chi connectivity index (χ0) is 20.2. The fourth-order valence-electron chi connectivity index (χ4n) is 3.89. The monoisotopic (exact) mass is 388 g/mol. The molecule has 1 aliphatic rings. The van der Waals surface area contributed by atoms with Crippen LogP contribution in [0.5, 0.6) is 0 Å². The molecule has 0 aliphatic carbocycles. The van der Waals surface area contributed by atoms with Crippen LogP contribution in [0.4, 0.5) is 0 Å². The van der Waals surface area contributed by atoms with Crippen molar-refractivity contribution in [1.82, 2.24) is 14.0 Å². The van der Waals surface area contributed by atoms with E-state index >= 15 is 0 Å². The van der Waals surface area contributed by atoms with Crippen LogP contribution in [0.2, 0.25) is 0 Å². The lowest BCUT2D eigenvalue weighted by atomic mass is 10.00. The van der Waals surface area contributed by atoms with E-state index in [-0.39, 0.29) is 12.2 Å². The molecule has 1 atom stereocenters. The molecule has 2 heterocycles. The fraction of sp³-hybridized carbons (Fsp3) is 0.304. The smallest absolute Gasteiger partial charge is 0.328 e. The maximum atomic E-state index is 12.6. The molecule has 0 saturated heterocycles. The number of benzene rings is 2. The van der Waals surface area contributed by atoms with E-state index in [1.165, 1.54) is 11.1 Å². The normalized spacial score (nSPS) is 14.9. The molecule has 1 aromatic heterocycles. The molecule has 0 amide bonds. The van der Waals surface area contributed by atoms with Crippen molar-refractivity contribution in [2.45, 2.75) is 32.2 Å². The molecule has 148 valence electrons. The lowest BCUT2D eigenvalue weighted by Gasteiger charge is -2.30. The van der Waals surface area contributed by atoms with Gasteiger partial charge in [-0.15, -0.1) is 0 Å². The summed E-state index contributed by atoms with van der Waals surface area (Å²) in [5, 5.41) is 19.4. The molecule has 0 saturated carbocycles. The number of hydrogen-bond acceptors (Lipinski definition) is 4. The van der Waals surface area contributed by atoms with Crippen LogP contribution >= 0.6 is 0 Å². The molecule has 2 aromatic carbocycles. The number of fused-ring (bicyclic) bond motifs is 1. The number of aliphatic hydroxyl groups excluding tert-OH is 1. The van der Waals surface area contributed by atoms with Crippen molar-refractivity contribution in [3.63, 3.8) is 0 Å². The quantitative estimate of drug-likeness (QED) is 0.701. The minimum absolute atomic E-state index is 0.141. The van der Waals surface area contributed by atoms with Crippen molar-refractivity contribution >= 4 is 0 Å². The van der Waals surface area contributed by atoms with Gasteiger partial charge in [0.1, 0.15) is 0 Å². The Morgan fingerprint density at radius 1 is 1.00 bits per heavy atom. The highest BCUT2D eigenvalue weighted by molar-refractivity contribution is 5.31. The van der Waals surface area contributed by atoms with Gasteiger partial charge in [0.2, 0.25) is 0 Å². The second kappa shape index (κ2) is 8.48. The highest BCUT2D eigenvalue weighted by Gasteiger charge is 2.19. The number of imidazole rings is 1. The third-order valence-electron chi connectivity index (χ3n) is 5.44. The third kappa shape index (κ3) is 4.48. The summed E-state index contributed by atoms with van der Waals surface area (Å²) in [6.45, 7) is 3.01. The van der Waals surface area contributed by atoms with Gasteiger partial charge >= 0.3 is 5.69 Å². The van der Waals surface area contributed by atoms with Crippen molar-refractivity contribution in [1.29, 1.82) is 5.26 Å². The lowest BCUT2D eigenvalue weighted by Crippen LogP contribution is -2.39. The average Bonchev–Trinajstić information content (AvgIpc) is 3.07. The van der Waals surface area contributed by atoms with Crippen LogP contribution in [0.15, 0.2) is 65.7 Å². The number of nitrogens with zero attached hydrogens (tertiary/aromatic N) is 4. The Morgan fingerprint density at radius 2 is 1.72 bits per heavy atom. The van der Waals surface area contributed by atoms with Crippen LogP contribution in [-0.2, 0) is 26.1 Å². The first-order valence-corrected chi connectivity index (χ1v) is 9.84. The van der Waals surface area contributed by atoms with E-state index in [1.807, 2.05) is 12.1 Å². The van der Waals surface area contributed by atoms with Crippen LogP contribution in [-0.4, -0.2) is 38.3 Å². The first-order valence-electron chi connectivity index (χ1n) is 9.84. The van der Waals surface area contributed by atoms with Crippen molar-refractivity contribution in [3.05, 3.63) is 93.7 Å². The van der Waals surface area contributed by atoms with Gasteiger partial charge in [0.25, 0.3) is 0 Å².